The molecule has 0 bridgehead atoms. The lowest BCUT2D eigenvalue weighted by atomic mass is 10.2. The van der Waals surface area contributed by atoms with Gasteiger partial charge in [0.2, 0.25) is 0 Å². The minimum absolute atomic E-state index is 0.243. The molecule has 0 atom stereocenters. The summed E-state index contributed by atoms with van der Waals surface area (Å²) >= 11 is 5.68. The number of methoxy groups -OCH3 is 1. The summed E-state index contributed by atoms with van der Waals surface area (Å²) in [6.07, 6.45) is 1.43. The highest BCUT2D eigenvalue weighted by molar-refractivity contribution is 6.29. The first-order chi connectivity index (χ1) is 10.2. The van der Waals surface area contributed by atoms with Gasteiger partial charge in [-0.2, -0.15) is 0 Å². The second kappa shape index (κ2) is 7.61. The number of hydrogen-bond acceptors (Lipinski definition) is 4. The number of nitrogens with zero attached hydrogens (tertiary/aromatic N) is 1. The first kappa shape index (κ1) is 15.3. The second-order valence-corrected chi connectivity index (χ2v) is 4.58. The number of rotatable bonds is 6. The smallest absolute Gasteiger partial charge is 0.257 e. The average Bonchev–Trinajstić information content (AvgIpc) is 2.50. The summed E-state index contributed by atoms with van der Waals surface area (Å²) in [5.74, 6) is 0.477. The van der Waals surface area contributed by atoms with E-state index < -0.39 is 0 Å². The molecule has 0 aliphatic heterocycles. The van der Waals surface area contributed by atoms with E-state index in [9.17, 15) is 4.79 Å². The Bertz CT molecular complexity index is 585. The third-order valence-electron chi connectivity index (χ3n) is 2.66. The molecule has 5 nitrogen and oxygen atoms in total. The maximum atomic E-state index is 12.0. The topological polar surface area (TPSA) is 60.5 Å². The molecule has 2 rings (SSSR count). The van der Waals surface area contributed by atoms with E-state index in [1.807, 2.05) is 0 Å². The normalized spacial score (nSPS) is 10.2. The highest BCUT2D eigenvalue weighted by Gasteiger charge is 2.06. The van der Waals surface area contributed by atoms with Crippen molar-refractivity contribution in [2.45, 2.75) is 0 Å². The van der Waals surface area contributed by atoms with Crippen molar-refractivity contribution in [1.29, 1.82) is 0 Å². The van der Waals surface area contributed by atoms with Gasteiger partial charge in [0.1, 0.15) is 17.5 Å². The fraction of sp³-hybridized carbons (Fsp3) is 0.200. The van der Waals surface area contributed by atoms with Gasteiger partial charge in [-0.25, -0.2) is 4.98 Å². The van der Waals surface area contributed by atoms with Gasteiger partial charge in [0.05, 0.1) is 12.2 Å². The lowest BCUT2D eigenvalue weighted by molar-refractivity contribution is 0.102. The minimum atomic E-state index is -0.243. The lowest BCUT2D eigenvalue weighted by Crippen LogP contribution is -2.12. The van der Waals surface area contributed by atoms with Crippen molar-refractivity contribution in [2.24, 2.45) is 0 Å². The summed E-state index contributed by atoms with van der Waals surface area (Å²) in [6.45, 7) is 1.01. The van der Waals surface area contributed by atoms with Crippen molar-refractivity contribution in [3.63, 3.8) is 0 Å². The maximum Gasteiger partial charge on any atom is 0.257 e. The molecule has 0 aliphatic rings. The molecule has 0 fully saturated rings. The highest BCUT2D eigenvalue weighted by Crippen LogP contribution is 2.16. The van der Waals surface area contributed by atoms with Gasteiger partial charge in [0, 0.05) is 19.0 Å². The van der Waals surface area contributed by atoms with E-state index >= 15 is 0 Å². The Morgan fingerprint density at radius 3 is 2.57 bits per heavy atom. The van der Waals surface area contributed by atoms with Crippen molar-refractivity contribution in [2.75, 3.05) is 25.6 Å². The Hall–Kier alpha value is -2.11. The summed E-state index contributed by atoms with van der Waals surface area (Å²) in [4.78, 5) is 15.8. The monoisotopic (exact) mass is 306 g/mol. The number of halogens is 1. The van der Waals surface area contributed by atoms with Gasteiger partial charge in [0.15, 0.2) is 0 Å². The molecule has 21 heavy (non-hydrogen) atoms. The molecule has 0 aliphatic carbocycles. The van der Waals surface area contributed by atoms with Crippen LogP contribution < -0.4 is 10.1 Å². The largest absolute Gasteiger partial charge is 0.491 e. The number of aromatic nitrogens is 1. The van der Waals surface area contributed by atoms with Crippen LogP contribution in [0, 0.1) is 0 Å². The van der Waals surface area contributed by atoms with Gasteiger partial charge in [-0.15, -0.1) is 0 Å². The number of anilines is 1. The molecule has 0 radical (unpaired) electrons. The maximum absolute atomic E-state index is 12.0. The van der Waals surface area contributed by atoms with Crippen LogP contribution in [0.3, 0.4) is 0 Å². The number of amides is 1. The van der Waals surface area contributed by atoms with Gasteiger partial charge >= 0.3 is 0 Å². The van der Waals surface area contributed by atoms with Crippen LogP contribution in [0.5, 0.6) is 5.75 Å². The molecule has 6 heteroatoms. The van der Waals surface area contributed by atoms with E-state index in [1.54, 1.807) is 43.5 Å². The van der Waals surface area contributed by atoms with Crippen molar-refractivity contribution in [3.05, 3.63) is 53.3 Å². The van der Waals surface area contributed by atoms with Crippen LogP contribution in [0.15, 0.2) is 42.6 Å². The molecule has 0 saturated carbocycles. The summed E-state index contributed by atoms with van der Waals surface area (Å²) in [5.41, 5.74) is 1.12. The molecule has 1 N–H and O–H groups in total. The number of nitrogens with one attached hydrogen (secondary N) is 1. The standard InChI is InChI=1S/C15H15ClN2O3/c1-20-8-9-21-13-5-3-12(4-6-13)18-15(19)11-2-7-14(16)17-10-11/h2-7,10H,8-9H2,1H3,(H,18,19). The molecule has 1 aromatic heterocycles. The van der Waals surface area contributed by atoms with E-state index in [-0.39, 0.29) is 5.91 Å². The number of benzene rings is 1. The highest BCUT2D eigenvalue weighted by atomic mass is 35.5. The molecule has 0 spiro atoms. The summed E-state index contributed by atoms with van der Waals surface area (Å²) in [6, 6.07) is 10.3. The predicted octanol–water partition coefficient (Wildman–Crippen LogP) is 3.01. The van der Waals surface area contributed by atoms with Gasteiger partial charge < -0.3 is 14.8 Å². The first-order valence-electron chi connectivity index (χ1n) is 6.34. The van der Waals surface area contributed by atoms with Crippen LogP contribution in [0.1, 0.15) is 10.4 Å². The Balaban J connectivity index is 1.93. The van der Waals surface area contributed by atoms with Crippen LogP contribution in [0.25, 0.3) is 0 Å². The molecule has 1 aromatic carbocycles. The molecule has 1 heterocycles. The van der Waals surface area contributed by atoms with Crippen LogP contribution in [-0.4, -0.2) is 31.2 Å². The summed E-state index contributed by atoms with van der Waals surface area (Å²) < 4.78 is 10.3. The van der Waals surface area contributed by atoms with Crippen LogP contribution in [0.4, 0.5) is 5.69 Å². The van der Waals surface area contributed by atoms with Gasteiger partial charge in [-0.3, -0.25) is 4.79 Å². The van der Waals surface area contributed by atoms with Crippen LogP contribution >= 0.6 is 11.6 Å². The zero-order chi connectivity index (χ0) is 15.1. The molecular weight excluding hydrogens is 292 g/mol. The first-order valence-corrected chi connectivity index (χ1v) is 6.71. The molecule has 0 saturated heterocycles. The van der Waals surface area contributed by atoms with Gasteiger partial charge in [0.25, 0.3) is 5.91 Å². The molecule has 110 valence electrons. The number of ether oxygens (including phenoxy) is 2. The third-order valence-corrected chi connectivity index (χ3v) is 2.88. The fourth-order valence-electron chi connectivity index (χ4n) is 1.59. The number of pyridine rings is 1. The van der Waals surface area contributed by atoms with Crippen LogP contribution in [-0.2, 0) is 4.74 Å². The Kier molecular flexibility index (Phi) is 5.54. The summed E-state index contributed by atoms with van der Waals surface area (Å²) in [7, 11) is 1.62. The Labute approximate surface area is 127 Å². The molecule has 0 unspecified atom stereocenters. The van der Waals surface area contributed by atoms with Crippen molar-refractivity contribution in [3.8, 4) is 5.75 Å². The van der Waals surface area contributed by atoms with E-state index in [0.29, 0.717) is 29.6 Å². The number of carbonyl (C=O) groups is 1. The quantitative estimate of drug-likeness (QED) is 0.658. The minimum Gasteiger partial charge on any atom is -0.491 e. The predicted molar refractivity (Wildman–Crippen MR) is 81.0 cm³/mol. The fourth-order valence-corrected chi connectivity index (χ4v) is 1.70. The van der Waals surface area contributed by atoms with E-state index in [1.165, 1.54) is 6.20 Å². The van der Waals surface area contributed by atoms with Gasteiger partial charge in [-0.05, 0) is 36.4 Å². The SMILES string of the molecule is COCCOc1ccc(NC(=O)c2ccc(Cl)nc2)cc1. The second-order valence-electron chi connectivity index (χ2n) is 4.19. The van der Waals surface area contributed by atoms with Crippen molar-refractivity contribution < 1.29 is 14.3 Å². The molecular formula is C15H15ClN2O3. The third kappa shape index (κ3) is 4.73. The Morgan fingerprint density at radius 1 is 1.19 bits per heavy atom. The van der Waals surface area contributed by atoms with E-state index in [2.05, 4.69) is 10.3 Å². The number of hydrogen-bond donors (Lipinski definition) is 1. The van der Waals surface area contributed by atoms with E-state index in [0.717, 1.165) is 5.75 Å². The van der Waals surface area contributed by atoms with Crippen molar-refractivity contribution >= 4 is 23.2 Å². The Morgan fingerprint density at radius 2 is 1.95 bits per heavy atom. The van der Waals surface area contributed by atoms with Crippen molar-refractivity contribution in [1.82, 2.24) is 4.98 Å². The van der Waals surface area contributed by atoms with E-state index in [4.69, 9.17) is 21.1 Å². The molecule has 2 aromatic rings. The zero-order valence-electron chi connectivity index (χ0n) is 11.5. The average molecular weight is 307 g/mol. The lowest BCUT2D eigenvalue weighted by Gasteiger charge is -2.08. The van der Waals surface area contributed by atoms with Gasteiger partial charge in [-0.1, -0.05) is 11.6 Å². The zero-order valence-corrected chi connectivity index (χ0v) is 12.3. The molecule has 1 amide bonds. The summed E-state index contributed by atoms with van der Waals surface area (Å²) in [5, 5.41) is 3.12. The van der Waals surface area contributed by atoms with Crippen LogP contribution in [0.2, 0.25) is 5.15 Å². The number of carbonyl (C=O) groups excluding carboxylic acids is 1.